The van der Waals surface area contributed by atoms with Gasteiger partial charge in [0.15, 0.2) is 0 Å². The molecule has 0 aromatic heterocycles. The second-order valence-electron chi connectivity index (χ2n) is 6.88. The lowest BCUT2D eigenvalue weighted by atomic mass is 9.95. The molecule has 4 heteroatoms. The summed E-state index contributed by atoms with van der Waals surface area (Å²) in [5, 5.41) is 6.02. The second-order valence-corrected chi connectivity index (χ2v) is 6.88. The topological polar surface area (TPSA) is 58.2 Å². The van der Waals surface area contributed by atoms with Crippen LogP contribution in [0.3, 0.4) is 0 Å². The summed E-state index contributed by atoms with van der Waals surface area (Å²) in [7, 11) is 0. The van der Waals surface area contributed by atoms with Gasteiger partial charge in [-0.05, 0) is 43.0 Å². The highest BCUT2D eigenvalue weighted by Crippen LogP contribution is 2.18. The minimum Gasteiger partial charge on any atom is -0.352 e. The average Bonchev–Trinajstić information content (AvgIpc) is 2.69. The zero-order valence-corrected chi connectivity index (χ0v) is 15.0. The monoisotopic (exact) mass is 350 g/mol. The highest BCUT2D eigenvalue weighted by atomic mass is 16.2. The van der Waals surface area contributed by atoms with Crippen molar-refractivity contribution in [1.82, 2.24) is 10.6 Å². The van der Waals surface area contributed by atoms with Gasteiger partial charge >= 0.3 is 0 Å². The minimum atomic E-state index is -0.145. The Kier molecular flexibility index (Phi) is 6.42. The number of carbonyl (C=O) groups is 2. The quantitative estimate of drug-likeness (QED) is 0.834. The number of benzene rings is 2. The molecule has 0 bridgehead atoms. The van der Waals surface area contributed by atoms with E-state index in [1.165, 1.54) is 24.8 Å². The number of rotatable bonds is 6. The first-order valence-corrected chi connectivity index (χ1v) is 9.45. The molecule has 0 saturated heterocycles. The van der Waals surface area contributed by atoms with Gasteiger partial charge in [0.1, 0.15) is 0 Å². The fraction of sp³-hybridized carbons (Fsp3) is 0.364. The lowest BCUT2D eigenvalue weighted by Gasteiger charge is -2.22. The number of hydrogen-bond donors (Lipinski definition) is 2. The fourth-order valence-electron chi connectivity index (χ4n) is 3.38. The van der Waals surface area contributed by atoms with E-state index in [1.54, 1.807) is 24.3 Å². The predicted molar refractivity (Wildman–Crippen MR) is 103 cm³/mol. The van der Waals surface area contributed by atoms with Gasteiger partial charge in [0.05, 0.1) is 0 Å². The summed E-state index contributed by atoms with van der Waals surface area (Å²) in [4.78, 5) is 24.8. The molecule has 1 aliphatic rings. The normalized spacial score (nSPS) is 14.6. The van der Waals surface area contributed by atoms with Crippen molar-refractivity contribution in [2.24, 2.45) is 0 Å². The van der Waals surface area contributed by atoms with Crippen LogP contribution in [0, 0.1) is 0 Å². The maximum absolute atomic E-state index is 12.4. The van der Waals surface area contributed by atoms with Crippen molar-refractivity contribution >= 4 is 11.8 Å². The smallest absolute Gasteiger partial charge is 0.251 e. The fourth-order valence-corrected chi connectivity index (χ4v) is 3.38. The van der Waals surface area contributed by atoms with Crippen molar-refractivity contribution in [3.8, 4) is 0 Å². The maximum atomic E-state index is 12.4. The molecular formula is C22H26N2O2. The van der Waals surface area contributed by atoms with E-state index in [1.807, 2.05) is 30.3 Å². The van der Waals surface area contributed by atoms with E-state index in [2.05, 4.69) is 10.6 Å². The number of hydrogen-bond acceptors (Lipinski definition) is 2. The van der Waals surface area contributed by atoms with Crippen LogP contribution in [-0.2, 0) is 6.42 Å². The van der Waals surface area contributed by atoms with Crippen molar-refractivity contribution in [1.29, 1.82) is 0 Å². The number of carbonyl (C=O) groups excluding carboxylic acids is 2. The Morgan fingerprint density at radius 3 is 2.27 bits per heavy atom. The molecule has 3 rings (SSSR count). The summed E-state index contributed by atoms with van der Waals surface area (Å²) in [5.74, 6) is -0.232. The van der Waals surface area contributed by atoms with E-state index < -0.39 is 0 Å². The summed E-state index contributed by atoms with van der Waals surface area (Å²) < 4.78 is 0. The standard InChI is InChI=1S/C22H26N2O2/c25-21(23-15-14-17-8-3-1-4-9-17)18-10-7-11-19(16-18)22(26)24-20-12-5-2-6-13-20/h1,3-4,7-11,16,20H,2,5-6,12-15H2,(H,23,25)(H,24,26). The van der Waals surface area contributed by atoms with Crippen molar-refractivity contribution in [2.75, 3.05) is 6.54 Å². The Balaban J connectivity index is 1.53. The van der Waals surface area contributed by atoms with Crippen LogP contribution in [0.5, 0.6) is 0 Å². The Bertz CT molecular complexity index is 737. The molecule has 1 saturated carbocycles. The van der Waals surface area contributed by atoms with Gasteiger partial charge in [-0.15, -0.1) is 0 Å². The van der Waals surface area contributed by atoms with E-state index >= 15 is 0 Å². The molecule has 1 aliphatic carbocycles. The highest BCUT2D eigenvalue weighted by Gasteiger charge is 2.17. The highest BCUT2D eigenvalue weighted by molar-refractivity contribution is 5.99. The van der Waals surface area contributed by atoms with Crippen molar-refractivity contribution < 1.29 is 9.59 Å². The third-order valence-corrected chi connectivity index (χ3v) is 4.87. The predicted octanol–water partition coefficient (Wildman–Crippen LogP) is 3.72. The Labute approximate surface area is 155 Å². The first kappa shape index (κ1) is 18.2. The molecule has 2 N–H and O–H groups in total. The zero-order chi connectivity index (χ0) is 18.2. The van der Waals surface area contributed by atoms with Crippen LogP contribution in [0.2, 0.25) is 0 Å². The maximum Gasteiger partial charge on any atom is 0.251 e. The van der Waals surface area contributed by atoms with Crippen molar-refractivity contribution in [3.63, 3.8) is 0 Å². The first-order valence-electron chi connectivity index (χ1n) is 9.45. The molecule has 2 aromatic rings. The molecule has 0 radical (unpaired) electrons. The van der Waals surface area contributed by atoms with Gasteiger partial charge in [0.25, 0.3) is 11.8 Å². The molecule has 2 aromatic carbocycles. The van der Waals surface area contributed by atoms with Crippen LogP contribution in [0.25, 0.3) is 0 Å². The molecule has 26 heavy (non-hydrogen) atoms. The summed E-state index contributed by atoms with van der Waals surface area (Å²) >= 11 is 0. The summed E-state index contributed by atoms with van der Waals surface area (Å²) in [6, 6.07) is 17.3. The Hall–Kier alpha value is -2.62. The average molecular weight is 350 g/mol. The largest absolute Gasteiger partial charge is 0.352 e. The molecular weight excluding hydrogens is 324 g/mol. The van der Waals surface area contributed by atoms with E-state index in [0.29, 0.717) is 17.7 Å². The summed E-state index contributed by atoms with van der Waals surface area (Å²) in [5.41, 5.74) is 2.26. The Morgan fingerprint density at radius 1 is 0.846 bits per heavy atom. The van der Waals surface area contributed by atoms with Gasteiger partial charge in [-0.1, -0.05) is 55.7 Å². The SMILES string of the molecule is O=C(NCCc1ccccc1)c1cccc(C(=O)NC2CCCCC2)c1. The van der Waals surface area contributed by atoms with Crippen LogP contribution >= 0.6 is 0 Å². The summed E-state index contributed by atoms with van der Waals surface area (Å²) in [6.07, 6.45) is 6.49. The third kappa shape index (κ3) is 5.19. The van der Waals surface area contributed by atoms with Gasteiger partial charge < -0.3 is 10.6 Å². The van der Waals surface area contributed by atoms with Crippen LogP contribution in [-0.4, -0.2) is 24.4 Å². The molecule has 0 aliphatic heterocycles. The van der Waals surface area contributed by atoms with Crippen LogP contribution in [0.1, 0.15) is 58.4 Å². The zero-order valence-electron chi connectivity index (χ0n) is 15.0. The van der Waals surface area contributed by atoms with Gasteiger partial charge in [-0.25, -0.2) is 0 Å². The van der Waals surface area contributed by atoms with Crippen LogP contribution in [0.4, 0.5) is 0 Å². The molecule has 0 heterocycles. The van der Waals surface area contributed by atoms with E-state index in [4.69, 9.17) is 0 Å². The number of amides is 2. The van der Waals surface area contributed by atoms with E-state index in [9.17, 15) is 9.59 Å². The Morgan fingerprint density at radius 2 is 1.54 bits per heavy atom. The first-order chi connectivity index (χ1) is 12.7. The number of nitrogens with one attached hydrogen (secondary N) is 2. The van der Waals surface area contributed by atoms with Crippen molar-refractivity contribution in [2.45, 2.75) is 44.6 Å². The lowest BCUT2D eigenvalue weighted by Crippen LogP contribution is -2.36. The van der Waals surface area contributed by atoms with Crippen molar-refractivity contribution in [3.05, 3.63) is 71.3 Å². The summed E-state index contributed by atoms with van der Waals surface area (Å²) in [6.45, 7) is 0.571. The molecule has 0 atom stereocenters. The van der Waals surface area contributed by atoms with Crippen LogP contribution < -0.4 is 10.6 Å². The van der Waals surface area contributed by atoms with Gasteiger partial charge in [0.2, 0.25) is 0 Å². The van der Waals surface area contributed by atoms with E-state index in [0.717, 1.165) is 19.3 Å². The second kappa shape index (κ2) is 9.18. The van der Waals surface area contributed by atoms with Gasteiger partial charge in [0, 0.05) is 23.7 Å². The molecule has 0 unspecified atom stereocenters. The molecule has 136 valence electrons. The molecule has 2 amide bonds. The third-order valence-electron chi connectivity index (χ3n) is 4.87. The van der Waals surface area contributed by atoms with Gasteiger partial charge in [-0.2, -0.15) is 0 Å². The molecule has 1 fully saturated rings. The van der Waals surface area contributed by atoms with Crippen LogP contribution in [0.15, 0.2) is 54.6 Å². The lowest BCUT2D eigenvalue weighted by molar-refractivity contribution is 0.0927. The van der Waals surface area contributed by atoms with E-state index in [-0.39, 0.29) is 17.9 Å². The molecule has 4 nitrogen and oxygen atoms in total. The molecule has 0 spiro atoms. The van der Waals surface area contributed by atoms with Gasteiger partial charge in [-0.3, -0.25) is 9.59 Å². The minimum absolute atomic E-state index is 0.0872.